The Morgan fingerprint density at radius 3 is 2.58 bits per heavy atom. The number of epoxide rings is 1. The van der Waals surface area contributed by atoms with Gasteiger partial charge in [0.15, 0.2) is 0 Å². The smallest absolute Gasteiger partial charge is 0.650 e. The van der Waals surface area contributed by atoms with Crippen LogP contribution in [-0.2, 0) is 4.74 Å². The molecule has 2 atom stereocenters. The van der Waals surface area contributed by atoms with E-state index in [1.807, 2.05) is 0 Å². The summed E-state index contributed by atoms with van der Waals surface area (Å²) in [6.07, 6.45) is 7.48. The number of rotatable bonds is 9. The van der Waals surface area contributed by atoms with Crippen molar-refractivity contribution >= 4 is 23.0 Å². The Balaban J connectivity index is 0.00000361. The first kappa shape index (κ1) is 28.0. The summed E-state index contributed by atoms with van der Waals surface area (Å²) in [6.45, 7) is 8.99. The van der Waals surface area contributed by atoms with E-state index in [1.165, 1.54) is 23.8 Å². The van der Waals surface area contributed by atoms with E-state index in [-0.39, 0.29) is 64.6 Å². The van der Waals surface area contributed by atoms with Gasteiger partial charge in [0.1, 0.15) is 17.2 Å². The maximum Gasteiger partial charge on any atom is 1.00 e. The van der Waals surface area contributed by atoms with Crippen LogP contribution in [0.15, 0.2) is 42.0 Å². The summed E-state index contributed by atoms with van der Waals surface area (Å²) in [5.74, 6) is -0.503. The summed E-state index contributed by atoms with van der Waals surface area (Å²) in [5, 5.41) is 35.2. The van der Waals surface area contributed by atoms with Crippen molar-refractivity contribution in [3.8, 4) is 17.2 Å². The molecule has 2 unspecified atom stereocenters. The van der Waals surface area contributed by atoms with Crippen LogP contribution in [0.1, 0.15) is 70.2 Å². The van der Waals surface area contributed by atoms with Crippen LogP contribution in [0.4, 0.5) is 17.1 Å². The predicted octanol–water partition coefficient (Wildman–Crippen LogP) is 3.81. The minimum Gasteiger partial charge on any atom is -0.650 e. The molecular formula is C28H35LiN2O5. The number of nitrogens with zero attached hydrogens (tertiary/aromatic N) is 2. The summed E-state index contributed by atoms with van der Waals surface area (Å²) in [6, 6.07) is 7.28. The summed E-state index contributed by atoms with van der Waals surface area (Å²) in [7, 11) is 0. The number of carbonyl (C=O) groups excluding carboxylic acids is 1. The summed E-state index contributed by atoms with van der Waals surface area (Å²) < 4.78 is 5.66. The predicted molar refractivity (Wildman–Crippen MR) is 137 cm³/mol. The number of hydrogen-bond donors (Lipinski definition) is 3. The van der Waals surface area contributed by atoms with E-state index in [1.54, 1.807) is 17.0 Å². The maximum atomic E-state index is 13.4. The molecule has 36 heavy (non-hydrogen) atoms. The fourth-order valence-corrected chi connectivity index (χ4v) is 4.63. The fourth-order valence-electron chi connectivity index (χ4n) is 4.63. The molecule has 2 aliphatic rings. The fraction of sp³-hybridized carbons (Fsp3) is 0.464. The molecule has 8 heteroatoms. The van der Waals surface area contributed by atoms with Crippen molar-refractivity contribution in [2.75, 3.05) is 11.4 Å². The van der Waals surface area contributed by atoms with E-state index in [9.17, 15) is 20.1 Å². The average Bonchev–Trinajstić information content (AvgIpc) is 3.43. The van der Waals surface area contributed by atoms with Crippen LogP contribution in [0.25, 0.3) is 5.32 Å². The molecule has 0 aliphatic carbocycles. The number of aromatic hydroxyl groups is 3. The molecule has 0 aromatic heterocycles. The Morgan fingerprint density at radius 2 is 1.89 bits per heavy atom. The van der Waals surface area contributed by atoms with Crippen LogP contribution in [0, 0.1) is 5.92 Å². The van der Waals surface area contributed by atoms with Crippen molar-refractivity contribution in [1.82, 2.24) is 0 Å². The Bertz CT molecular complexity index is 1150. The number of fused-ring (bicyclic) bond motifs is 2. The van der Waals surface area contributed by atoms with Gasteiger partial charge in [0, 0.05) is 29.9 Å². The minimum absolute atomic E-state index is 0. The average molecular weight is 487 g/mol. The minimum atomic E-state index is -0.323. The van der Waals surface area contributed by atoms with Gasteiger partial charge in [-0.25, -0.2) is 0 Å². The summed E-state index contributed by atoms with van der Waals surface area (Å²) in [4.78, 5) is 15.0. The molecule has 1 fully saturated rings. The van der Waals surface area contributed by atoms with Crippen molar-refractivity contribution in [1.29, 1.82) is 0 Å². The Kier molecular flexibility index (Phi) is 8.71. The maximum absolute atomic E-state index is 13.4. The van der Waals surface area contributed by atoms with Gasteiger partial charge in [-0.1, -0.05) is 42.1 Å². The molecule has 4 rings (SSSR count). The van der Waals surface area contributed by atoms with Gasteiger partial charge in [-0.15, -0.1) is 0 Å². The van der Waals surface area contributed by atoms with Gasteiger partial charge in [-0.2, -0.15) is 0 Å². The number of ether oxygens (including phenoxy) is 1. The molecule has 1 amide bonds. The third-order valence-corrected chi connectivity index (χ3v) is 7.02. The number of allylic oxidation sites excluding steroid dienone is 2. The molecule has 0 radical (unpaired) electrons. The molecule has 3 N–H and O–H groups in total. The molecule has 0 saturated carbocycles. The number of amides is 1. The Labute approximate surface area is 225 Å². The number of benzene rings is 2. The zero-order chi connectivity index (χ0) is 25.3. The number of carbonyl (C=O) groups is 1. The standard InChI is InChI=1S/C28H36N2O5.Li/c1-17(11-12-24-28(3,4)35-24)7-5-8-18(2)13-14-30-21-15-19(31)16-23(33)26(21)29-25-20(27(30)34)9-6-10-22(25)32;/h6-7,9-10,15-16,18,24H,5,8,11-14H2,1-4H3,(H4,29,31,32,33,34);/q;+1/p-1/b17-7+;. The van der Waals surface area contributed by atoms with Crippen molar-refractivity contribution in [3.05, 3.63) is 52.9 Å². The second kappa shape index (κ2) is 11.2. The van der Waals surface area contributed by atoms with Crippen LogP contribution >= 0.6 is 0 Å². The van der Waals surface area contributed by atoms with Crippen LogP contribution in [0.5, 0.6) is 17.2 Å². The molecule has 0 bridgehead atoms. The van der Waals surface area contributed by atoms with Crippen molar-refractivity contribution in [3.63, 3.8) is 0 Å². The van der Waals surface area contributed by atoms with Gasteiger partial charge >= 0.3 is 18.9 Å². The van der Waals surface area contributed by atoms with Crippen LogP contribution < -0.4 is 23.8 Å². The van der Waals surface area contributed by atoms with E-state index >= 15 is 0 Å². The van der Waals surface area contributed by atoms with Crippen LogP contribution in [-0.4, -0.2) is 39.5 Å². The third kappa shape index (κ3) is 6.21. The van der Waals surface area contributed by atoms with Crippen LogP contribution in [0.2, 0.25) is 0 Å². The first-order valence-corrected chi connectivity index (χ1v) is 12.3. The van der Waals surface area contributed by atoms with E-state index < -0.39 is 0 Å². The molecule has 2 aromatic carbocycles. The summed E-state index contributed by atoms with van der Waals surface area (Å²) >= 11 is 0. The van der Waals surface area contributed by atoms with Gasteiger partial charge in [0.05, 0.1) is 11.7 Å². The first-order valence-electron chi connectivity index (χ1n) is 12.3. The summed E-state index contributed by atoms with van der Waals surface area (Å²) in [5.41, 5.74) is 2.29. The number of phenolic OH excluding ortho intramolecular Hbond substituents is 3. The van der Waals surface area contributed by atoms with Gasteiger partial charge in [-0.05, 0) is 64.9 Å². The third-order valence-electron chi connectivity index (χ3n) is 7.02. The Morgan fingerprint density at radius 1 is 1.17 bits per heavy atom. The molecule has 2 aromatic rings. The number of phenols is 3. The van der Waals surface area contributed by atoms with Gasteiger partial charge in [0.25, 0.3) is 5.91 Å². The second-order valence-electron chi connectivity index (χ2n) is 10.3. The van der Waals surface area contributed by atoms with Crippen molar-refractivity contribution in [2.24, 2.45) is 5.92 Å². The monoisotopic (exact) mass is 486 g/mol. The topological polar surface area (TPSA) is 108 Å². The molecule has 2 heterocycles. The van der Waals surface area contributed by atoms with E-state index in [4.69, 9.17) is 4.74 Å². The number of anilines is 1. The van der Waals surface area contributed by atoms with E-state index in [0.29, 0.717) is 24.3 Å². The van der Waals surface area contributed by atoms with Crippen molar-refractivity contribution in [2.45, 2.75) is 71.5 Å². The largest absolute Gasteiger partial charge is 1.00 e. The molecular weight excluding hydrogens is 451 g/mol. The molecule has 188 valence electrons. The van der Waals surface area contributed by atoms with E-state index in [0.717, 1.165) is 32.1 Å². The number of para-hydroxylation sites is 1. The first-order chi connectivity index (χ1) is 16.6. The van der Waals surface area contributed by atoms with Crippen LogP contribution in [0.3, 0.4) is 0 Å². The molecule has 0 spiro atoms. The molecule has 7 nitrogen and oxygen atoms in total. The number of hydrogen-bond acceptors (Lipinski definition) is 5. The van der Waals surface area contributed by atoms with E-state index in [2.05, 4.69) is 39.1 Å². The van der Waals surface area contributed by atoms with Gasteiger partial charge in [-0.3, -0.25) is 4.79 Å². The van der Waals surface area contributed by atoms with Crippen molar-refractivity contribution < 1.29 is 43.7 Å². The SMILES string of the molecule is C/C(=C\CCC(C)CCN1C(=O)c2cccc(O)c2[N-]c2c(O)cc(O)cc21)CCC1OC1(C)C.[Li+]. The zero-order valence-electron chi connectivity index (χ0n) is 21.9. The van der Waals surface area contributed by atoms with Gasteiger partial charge < -0.3 is 30.3 Å². The second-order valence-corrected chi connectivity index (χ2v) is 10.3. The quantitative estimate of drug-likeness (QED) is 0.284. The molecule has 1 saturated heterocycles. The zero-order valence-corrected chi connectivity index (χ0v) is 21.9. The molecule has 2 aliphatic heterocycles. The normalized spacial score (nSPS) is 18.9. The Hall–Kier alpha value is -2.59. The van der Waals surface area contributed by atoms with Gasteiger partial charge in [0.2, 0.25) is 0 Å².